The topological polar surface area (TPSA) is 93.7 Å². The molecule has 3 aromatic carbocycles. The molecule has 0 atom stereocenters. The third-order valence-corrected chi connectivity index (χ3v) is 4.09. The largest absolute Gasteiger partial charge is 0.457 e. The fraction of sp³-hybridized carbons (Fsp3) is 0.125. The highest BCUT2D eigenvalue weighted by Gasteiger charge is 2.11. The van der Waals surface area contributed by atoms with Crippen LogP contribution >= 0.6 is 0 Å². The number of carbonyl (C=O) groups excluding carboxylic acids is 3. The van der Waals surface area contributed by atoms with Crippen LogP contribution in [-0.4, -0.2) is 24.4 Å². The highest BCUT2D eigenvalue weighted by Crippen LogP contribution is 2.22. The highest BCUT2D eigenvalue weighted by atomic mass is 16.5. The molecule has 0 saturated heterocycles. The Kier molecular flexibility index (Phi) is 7.77. The second kappa shape index (κ2) is 11.2. The molecule has 3 aromatic rings. The monoisotopic (exact) mass is 418 g/mol. The van der Waals surface area contributed by atoms with E-state index in [9.17, 15) is 14.4 Å². The fourth-order valence-corrected chi connectivity index (χ4v) is 2.61. The zero-order chi connectivity index (χ0) is 21.9. The van der Waals surface area contributed by atoms with Gasteiger partial charge in [0.2, 0.25) is 5.91 Å². The van der Waals surface area contributed by atoms with Crippen molar-refractivity contribution in [1.82, 2.24) is 0 Å². The minimum Gasteiger partial charge on any atom is -0.457 e. The summed E-state index contributed by atoms with van der Waals surface area (Å²) in [5.41, 5.74) is 1.20. The zero-order valence-corrected chi connectivity index (χ0v) is 16.7. The van der Waals surface area contributed by atoms with Crippen LogP contribution in [0, 0.1) is 0 Å². The zero-order valence-electron chi connectivity index (χ0n) is 16.7. The summed E-state index contributed by atoms with van der Waals surface area (Å²) in [7, 11) is 0. The van der Waals surface area contributed by atoms with Crippen molar-refractivity contribution < 1.29 is 23.9 Å². The number of hydrogen-bond acceptors (Lipinski definition) is 5. The Morgan fingerprint density at radius 1 is 0.613 bits per heavy atom. The van der Waals surface area contributed by atoms with Gasteiger partial charge in [-0.05, 0) is 48.5 Å². The van der Waals surface area contributed by atoms with Crippen LogP contribution in [0.1, 0.15) is 12.8 Å². The molecule has 2 N–H and O–H groups in total. The van der Waals surface area contributed by atoms with E-state index < -0.39 is 18.5 Å². The van der Waals surface area contributed by atoms with Gasteiger partial charge in [0.1, 0.15) is 11.5 Å². The summed E-state index contributed by atoms with van der Waals surface area (Å²) in [5.74, 6) is -0.0535. The van der Waals surface area contributed by atoms with Gasteiger partial charge in [-0.25, -0.2) is 0 Å². The number of anilines is 2. The minimum atomic E-state index is -0.620. The van der Waals surface area contributed by atoms with Gasteiger partial charge in [-0.15, -0.1) is 0 Å². The van der Waals surface area contributed by atoms with Gasteiger partial charge in [0.05, 0.1) is 6.42 Å². The molecule has 158 valence electrons. The molecule has 0 unspecified atom stereocenters. The second-order valence-electron chi connectivity index (χ2n) is 6.56. The van der Waals surface area contributed by atoms with E-state index in [4.69, 9.17) is 9.47 Å². The SMILES string of the molecule is O=C(CCC(=O)OCC(=O)Nc1ccc(Oc2ccccc2)cc1)Nc1ccccc1. The number of esters is 1. The van der Waals surface area contributed by atoms with Crippen LogP contribution in [0.15, 0.2) is 84.9 Å². The van der Waals surface area contributed by atoms with Gasteiger partial charge in [0.25, 0.3) is 5.91 Å². The van der Waals surface area contributed by atoms with E-state index in [0.29, 0.717) is 22.9 Å². The lowest BCUT2D eigenvalue weighted by molar-refractivity contribution is -0.147. The molecule has 0 aliphatic rings. The molecule has 31 heavy (non-hydrogen) atoms. The van der Waals surface area contributed by atoms with E-state index in [2.05, 4.69) is 10.6 Å². The third-order valence-electron chi connectivity index (χ3n) is 4.09. The van der Waals surface area contributed by atoms with Crippen LogP contribution in [0.25, 0.3) is 0 Å². The van der Waals surface area contributed by atoms with Crippen molar-refractivity contribution in [2.45, 2.75) is 12.8 Å². The summed E-state index contributed by atoms with van der Waals surface area (Å²) >= 11 is 0. The van der Waals surface area contributed by atoms with Gasteiger partial charge in [0.15, 0.2) is 6.61 Å². The Morgan fingerprint density at radius 2 is 1.16 bits per heavy atom. The van der Waals surface area contributed by atoms with E-state index in [1.165, 1.54) is 0 Å². The van der Waals surface area contributed by atoms with Gasteiger partial charge < -0.3 is 20.1 Å². The molecule has 0 bridgehead atoms. The summed E-state index contributed by atoms with van der Waals surface area (Å²) in [6.07, 6.45) is -0.143. The van der Waals surface area contributed by atoms with Crippen molar-refractivity contribution in [2.24, 2.45) is 0 Å². The van der Waals surface area contributed by atoms with Gasteiger partial charge in [-0.3, -0.25) is 14.4 Å². The molecule has 7 nitrogen and oxygen atoms in total. The summed E-state index contributed by atoms with van der Waals surface area (Å²) in [6, 6.07) is 25.1. The van der Waals surface area contributed by atoms with Crippen molar-refractivity contribution in [1.29, 1.82) is 0 Å². The Bertz CT molecular complexity index is 1010. The third kappa shape index (κ3) is 7.66. The van der Waals surface area contributed by atoms with Crippen LogP contribution in [0.5, 0.6) is 11.5 Å². The Balaban J connectivity index is 1.35. The molecule has 0 spiro atoms. The maximum atomic E-state index is 12.0. The normalized spacial score (nSPS) is 10.1. The predicted molar refractivity (Wildman–Crippen MR) is 117 cm³/mol. The number of ether oxygens (including phenoxy) is 2. The van der Waals surface area contributed by atoms with Crippen LogP contribution in [0.3, 0.4) is 0 Å². The van der Waals surface area contributed by atoms with Crippen molar-refractivity contribution >= 4 is 29.2 Å². The number of hydrogen-bond donors (Lipinski definition) is 2. The average molecular weight is 418 g/mol. The Morgan fingerprint density at radius 3 is 1.84 bits per heavy atom. The molecule has 0 aliphatic carbocycles. The average Bonchev–Trinajstić information content (AvgIpc) is 2.79. The molecule has 0 aliphatic heterocycles. The number of nitrogens with one attached hydrogen (secondary N) is 2. The number of carbonyl (C=O) groups is 3. The molecule has 0 heterocycles. The maximum absolute atomic E-state index is 12.0. The van der Waals surface area contributed by atoms with Crippen molar-refractivity contribution in [3.63, 3.8) is 0 Å². The first-order valence-electron chi connectivity index (χ1n) is 9.72. The van der Waals surface area contributed by atoms with Crippen molar-refractivity contribution in [2.75, 3.05) is 17.2 Å². The van der Waals surface area contributed by atoms with E-state index in [1.54, 1.807) is 48.5 Å². The summed E-state index contributed by atoms with van der Waals surface area (Å²) < 4.78 is 10.6. The molecule has 2 amide bonds. The Hall–Kier alpha value is -4.13. The van der Waals surface area contributed by atoms with E-state index in [-0.39, 0.29) is 18.7 Å². The number of benzene rings is 3. The molecule has 0 radical (unpaired) electrons. The molecule has 0 saturated carbocycles. The molecule has 0 fully saturated rings. The fourth-order valence-electron chi connectivity index (χ4n) is 2.61. The van der Waals surface area contributed by atoms with E-state index in [1.807, 2.05) is 36.4 Å². The summed E-state index contributed by atoms with van der Waals surface area (Å²) in [5, 5.41) is 5.31. The van der Waals surface area contributed by atoms with Crippen LogP contribution in [0.4, 0.5) is 11.4 Å². The van der Waals surface area contributed by atoms with Crippen LogP contribution in [-0.2, 0) is 19.1 Å². The van der Waals surface area contributed by atoms with Gasteiger partial charge in [-0.2, -0.15) is 0 Å². The van der Waals surface area contributed by atoms with Gasteiger partial charge in [0, 0.05) is 17.8 Å². The first-order chi connectivity index (χ1) is 15.1. The first kappa shape index (κ1) is 21.6. The lowest BCUT2D eigenvalue weighted by Gasteiger charge is -2.09. The first-order valence-corrected chi connectivity index (χ1v) is 9.72. The molecular weight excluding hydrogens is 396 g/mol. The standard InChI is InChI=1S/C24H22N2O5/c27-22(25-18-7-3-1-4-8-18)15-16-24(29)30-17-23(28)26-19-11-13-21(14-12-19)31-20-9-5-2-6-10-20/h1-14H,15-17H2,(H,25,27)(H,26,28). The number of para-hydroxylation sites is 2. The summed E-state index contributed by atoms with van der Waals surface area (Å²) in [4.78, 5) is 35.6. The van der Waals surface area contributed by atoms with E-state index in [0.717, 1.165) is 0 Å². The second-order valence-corrected chi connectivity index (χ2v) is 6.56. The molecule has 3 rings (SSSR count). The molecular formula is C24H22N2O5. The smallest absolute Gasteiger partial charge is 0.306 e. The van der Waals surface area contributed by atoms with E-state index >= 15 is 0 Å². The number of rotatable bonds is 9. The lowest BCUT2D eigenvalue weighted by Crippen LogP contribution is -2.21. The van der Waals surface area contributed by atoms with Crippen molar-refractivity contribution in [3.8, 4) is 11.5 Å². The lowest BCUT2D eigenvalue weighted by atomic mass is 10.2. The molecule has 7 heteroatoms. The highest BCUT2D eigenvalue weighted by molar-refractivity contribution is 5.94. The van der Waals surface area contributed by atoms with Gasteiger partial charge >= 0.3 is 5.97 Å². The maximum Gasteiger partial charge on any atom is 0.306 e. The van der Waals surface area contributed by atoms with Crippen LogP contribution in [0.2, 0.25) is 0 Å². The quantitative estimate of drug-likeness (QED) is 0.503. The van der Waals surface area contributed by atoms with Crippen LogP contribution < -0.4 is 15.4 Å². The van der Waals surface area contributed by atoms with Crippen molar-refractivity contribution in [3.05, 3.63) is 84.9 Å². The van der Waals surface area contributed by atoms with Gasteiger partial charge in [-0.1, -0.05) is 36.4 Å². The minimum absolute atomic E-state index is 0.0295. The predicted octanol–water partition coefficient (Wildman–Crippen LogP) is 4.38. The number of amides is 2. The summed E-state index contributed by atoms with van der Waals surface area (Å²) in [6.45, 7) is -0.429. The molecule has 0 aromatic heterocycles. The Labute approximate surface area is 180 Å².